The van der Waals surface area contributed by atoms with Crippen LogP contribution in [-0.2, 0) is 17.8 Å². The zero-order valence-electron chi connectivity index (χ0n) is 18.1. The van der Waals surface area contributed by atoms with E-state index in [-0.39, 0.29) is 29.7 Å². The van der Waals surface area contributed by atoms with Gasteiger partial charge in [-0.3, -0.25) is 4.99 Å². The van der Waals surface area contributed by atoms with Crippen LogP contribution in [0.4, 0.5) is 0 Å². The van der Waals surface area contributed by atoms with E-state index in [0.717, 1.165) is 31.0 Å². The van der Waals surface area contributed by atoms with Crippen LogP contribution in [0.3, 0.4) is 0 Å². The first kappa shape index (κ1) is 26.0. The Labute approximate surface area is 197 Å². The van der Waals surface area contributed by atoms with E-state index >= 15 is 0 Å². The molecule has 7 heteroatoms. The van der Waals surface area contributed by atoms with Crippen molar-refractivity contribution in [1.29, 1.82) is 0 Å². The van der Waals surface area contributed by atoms with Gasteiger partial charge < -0.3 is 25.2 Å². The van der Waals surface area contributed by atoms with Crippen LogP contribution < -0.4 is 15.4 Å². The van der Waals surface area contributed by atoms with Crippen LogP contribution in [0.15, 0.2) is 53.5 Å². The van der Waals surface area contributed by atoms with Crippen molar-refractivity contribution in [1.82, 2.24) is 10.6 Å². The van der Waals surface area contributed by atoms with Gasteiger partial charge in [0, 0.05) is 19.6 Å². The number of phenols is 1. The molecule has 0 aliphatic heterocycles. The molecule has 0 saturated heterocycles. The Hall–Kier alpha value is -2.00. The standard InChI is InChI=1S/C23H33N3O3.HI/c1-4-24-23(25-13-12-19-10-11-21(27)22(14-19)28-3)26-15-18(2)16-29-17-20-8-6-5-7-9-20;/h5-11,14,18,27H,4,12-13,15-17H2,1-3H3,(H2,24,25,26);1H. The Balaban J connectivity index is 0.00000450. The minimum Gasteiger partial charge on any atom is -0.504 e. The first-order chi connectivity index (χ1) is 14.1. The molecule has 0 fully saturated rings. The molecule has 0 spiro atoms. The summed E-state index contributed by atoms with van der Waals surface area (Å²) in [6, 6.07) is 15.6. The van der Waals surface area contributed by atoms with Crippen molar-refractivity contribution in [2.24, 2.45) is 10.9 Å². The smallest absolute Gasteiger partial charge is 0.191 e. The number of nitrogens with one attached hydrogen (secondary N) is 2. The molecule has 0 aliphatic rings. The quantitative estimate of drug-likeness (QED) is 0.234. The van der Waals surface area contributed by atoms with Gasteiger partial charge in [-0.05, 0) is 42.5 Å². The Morgan fingerprint density at radius 1 is 1.10 bits per heavy atom. The van der Waals surface area contributed by atoms with Crippen molar-refractivity contribution in [3.63, 3.8) is 0 Å². The first-order valence-corrected chi connectivity index (χ1v) is 10.1. The van der Waals surface area contributed by atoms with Crippen molar-refractivity contribution < 1.29 is 14.6 Å². The number of phenolic OH excluding ortho intramolecular Hbond substituents is 1. The van der Waals surface area contributed by atoms with E-state index in [9.17, 15) is 5.11 Å². The first-order valence-electron chi connectivity index (χ1n) is 10.1. The van der Waals surface area contributed by atoms with E-state index in [1.54, 1.807) is 13.2 Å². The monoisotopic (exact) mass is 527 g/mol. The Bertz CT molecular complexity index is 757. The van der Waals surface area contributed by atoms with E-state index in [1.807, 2.05) is 30.3 Å². The summed E-state index contributed by atoms with van der Waals surface area (Å²) in [5, 5.41) is 16.3. The fraction of sp³-hybridized carbons (Fsp3) is 0.435. The van der Waals surface area contributed by atoms with Crippen LogP contribution in [0.25, 0.3) is 0 Å². The van der Waals surface area contributed by atoms with Gasteiger partial charge in [0.25, 0.3) is 0 Å². The lowest BCUT2D eigenvalue weighted by Gasteiger charge is -2.14. The summed E-state index contributed by atoms with van der Waals surface area (Å²) in [7, 11) is 1.55. The lowest BCUT2D eigenvalue weighted by Crippen LogP contribution is -2.38. The average molecular weight is 527 g/mol. The largest absolute Gasteiger partial charge is 0.504 e. The van der Waals surface area contributed by atoms with Crippen LogP contribution in [0, 0.1) is 5.92 Å². The molecule has 2 aromatic carbocycles. The van der Waals surface area contributed by atoms with Gasteiger partial charge in [-0.2, -0.15) is 0 Å². The molecule has 1 unspecified atom stereocenters. The minimum atomic E-state index is 0. The van der Waals surface area contributed by atoms with Crippen LogP contribution >= 0.6 is 24.0 Å². The molecular formula is C23H34IN3O3. The molecule has 2 rings (SSSR count). The fourth-order valence-corrected chi connectivity index (χ4v) is 2.80. The average Bonchev–Trinajstić information content (AvgIpc) is 2.74. The Kier molecular flexibility index (Phi) is 12.9. The van der Waals surface area contributed by atoms with Gasteiger partial charge in [0.1, 0.15) is 0 Å². The predicted octanol–water partition coefficient (Wildman–Crippen LogP) is 3.97. The minimum absolute atomic E-state index is 0. The number of ether oxygens (including phenoxy) is 2. The van der Waals surface area contributed by atoms with Gasteiger partial charge in [-0.25, -0.2) is 0 Å². The van der Waals surface area contributed by atoms with Gasteiger partial charge in [0.05, 0.1) is 20.3 Å². The maximum Gasteiger partial charge on any atom is 0.191 e. The third-order valence-electron chi connectivity index (χ3n) is 4.37. The van der Waals surface area contributed by atoms with Crippen molar-refractivity contribution in [2.45, 2.75) is 26.9 Å². The van der Waals surface area contributed by atoms with E-state index in [2.05, 4.69) is 41.6 Å². The number of methoxy groups -OCH3 is 1. The highest BCUT2D eigenvalue weighted by molar-refractivity contribution is 14.0. The zero-order chi connectivity index (χ0) is 20.9. The SMILES string of the molecule is CCNC(=NCC(C)COCc1ccccc1)NCCc1ccc(O)c(OC)c1.I. The molecule has 0 aromatic heterocycles. The number of guanidine groups is 1. The molecule has 3 N–H and O–H groups in total. The second kappa shape index (κ2) is 14.9. The fourth-order valence-electron chi connectivity index (χ4n) is 2.80. The number of aliphatic imine (C=N–C) groups is 1. The van der Waals surface area contributed by atoms with Crippen molar-refractivity contribution in [3.05, 3.63) is 59.7 Å². The van der Waals surface area contributed by atoms with E-state index in [1.165, 1.54) is 5.56 Å². The maximum absolute atomic E-state index is 9.69. The number of hydrogen-bond donors (Lipinski definition) is 3. The maximum atomic E-state index is 9.69. The summed E-state index contributed by atoms with van der Waals surface area (Å²) in [5.41, 5.74) is 2.27. The third-order valence-corrected chi connectivity index (χ3v) is 4.37. The number of hydrogen-bond acceptors (Lipinski definition) is 4. The summed E-state index contributed by atoms with van der Waals surface area (Å²) in [6.07, 6.45) is 0.802. The third kappa shape index (κ3) is 9.67. The van der Waals surface area contributed by atoms with E-state index in [0.29, 0.717) is 31.4 Å². The number of nitrogens with zero attached hydrogens (tertiary/aromatic N) is 1. The number of rotatable bonds is 11. The van der Waals surface area contributed by atoms with Crippen molar-refractivity contribution in [2.75, 3.05) is 33.4 Å². The van der Waals surface area contributed by atoms with Crippen LogP contribution in [0.5, 0.6) is 11.5 Å². The van der Waals surface area contributed by atoms with Gasteiger partial charge >= 0.3 is 0 Å². The molecule has 0 amide bonds. The summed E-state index contributed by atoms with van der Waals surface area (Å²) in [4.78, 5) is 4.67. The van der Waals surface area contributed by atoms with Crippen LogP contribution in [-0.4, -0.2) is 44.4 Å². The summed E-state index contributed by atoms with van der Waals surface area (Å²) >= 11 is 0. The Morgan fingerprint density at radius 3 is 2.57 bits per heavy atom. The number of aromatic hydroxyl groups is 1. The van der Waals surface area contributed by atoms with Crippen LogP contribution in [0.2, 0.25) is 0 Å². The highest BCUT2D eigenvalue weighted by Crippen LogP contribution is 2.26. The molecule has 1 atom stereocenters. The normalized spacial score (nSPS) is 12.0. The lowest BCUT2D eigenvalue weighted by molar-refractivity contribution is 0.0945. The topological polar surface area (TPSA) is 75.1 Å². The highest BCUT2D eigenvalue weighted by atomic mass is 127. The van der Waals surface area contributed by atoms with E-state index < -0.39 is 0 Å². The molecule has 166 valence electrons. The molecule has 0 radical (unpaired) electrons. The van der Waals surface area contributed by atoms with Gasteiger partial charge in [-0.15, -0.1) is 24.0 Å². The van der Waals surface area contributed by atoms with Crippen molar-refractivity contribution >= 4 is 29.9 Å². The van der Waals surface area contributed by atoms with Crippen molar-refractivity contribution in [3.8, 4) is 11.5 Å². The second-order valence-electron chi connectivity index (χ2n) is 7.01. The summed E-state index contributed by atoms with van der Waals surface area (Å²) in [5.74, 6) is 1.78. The zero-order valence-corrected chi connectivity index (χ0v) is 20.4. The molecule has 0 bridgehead atoms. The molecule has 30 heavy (non-hydrogen) atoms. The Morgan fingerprint density at radius 2 is 1.87 bits per heavy atom. The molecule has 0 aliphatic carbocycles. The van der Waals surface area contributed by atoms with E-state index in [4.69, 9.17) is 9.47 Å². The number of halogens is 1. The lowest BCUT2D eigenvalue weighted by atomic mass is 10.1. The van der Waals surface area contributed by atoms with Gasteiger partial charge in [0.15, 0.2) is 17.5 Å². The molecular weight excluding hydrogens is 493 g/mol. The molecule has 6 nitrogen and oxygen atoms in total. The highest BCUT2D eigenvalue weighted by Gasteiger charge is 2.05. The second-order valence-corrected chi connectivity index (χ2v) is 7.01. The summed E-state index contributed by atoms with van der Waals surface area (Å²) in [6.45, 7) is 7.72. The summed E-state index contributed by atoms with van der Waals surface area (Å²) < 4.78 is 11.0. The van der Waals surface area contributed by atoms with Crippen LogP contribution in [0.1, 0.15) is 25.0 Å². The van der Waals surface area contributed by atoms with Gasteiger partial charge in [0.2, 0.25) is 0 Å². The molecule has 0 heterocycles. The van der Waals surface area contributed by atoms with Gasteiger partial charge in [-0.1, -0.05) is 43.3 Å². The molecule has 0 saturated carbocycles. The number of benzene rings is 2. The molecule has 2 aromatic rings. The predicted molar refractivity (Wildman–Crippen MR) is 133 cm³/mol.